The second-order valence-corrected chi connectivity index (χ2v) is 8.91. The molecule has 0 radical (unpaired) electrons. The van der Waals surface area contributed by atoms with E-state index < -0.39 is 52.5 Å². The third-order valence-corrected chi connectivity index (χ3v) is 6.94. The molecule has 11 heteroatoms. The van der Waals surface area contributed by atoms with Crippen LogP contribution in [0.2, 0.25) is 0 Å². The van der Waals surface area contributed by atoms with Crippen LogP contribution in [0.25, 0.3) is 0 Å². The molecule has 1 aromatic heterocycles. The lowest BCUT2D eigenvalue weighted by Gasteiger charge is -2.42. The Morgan fingerprint density at radius 2 is 1.94 bits per heavy atom. The number of pyridine rings is 1. The third kappa shape index (κ3) is 3.59. The fourth-order valence-electron chi connectivity index (χ4n) is 4.99. The average Bonchev–Trinajstić information content (AvgIpc) is 3.22. The molecule has 1 N–H and O–H groups in total. The minimum atomic E-state index is -1.15. The molecule has 2 aromatic rings. The zero-order valence-electron chi connectivity index (χ0n) is 18.3. The van der Waals surface area contributed by atoms with Gasteiger partial charge in [-0.25, -0.2) is 13.2 Å². The molecule has 0 aliphatic carbocycles. The highest BCUT2D eigenvalue weighted by Crippen LogP contribution is 2.42. The molecule has 3 atom stereocenters. The van der Waals surface area contributed by atoms with Crippen molar-refractivity contribution < 1.29 is 32.2 Å². The highest BCUT2D eigenvalue weighted by Gasteiger charge is 2.51. The number of nitrogens with zero attached hydrogens (tertiary/aromatic N) is 2. The van der Waals surface area contributed by atoms with Crippen LogP contribution in [0.3, 0.4) is 0 Å². The summed E-state index contributed by atoms with van der Waals surface area (Å²) in [6, 6.07) is 1.66. The largest absolute Gasteiger partial charge is 0.352 e. The Hall–Kier alpha value is -3.18. The number of carbonyl (C=O) groups is 2. The van der Waals surface area contributed by atoms with Gasteiger partial charge in [0.1, 0.15) is 41.1 Å². The number of halogens is 3. The van der Waals surface area contributed by atoms with Crippen molar-refractivity contribution in [2.75, 3.05) is 19.9 Å². The molecule has 2 amide bonds. The summed E-state index contributed by atoms with van der Waals surface area (Å²) in [5.41, 5.74) is -2.12. The number of carbonyl (C=O) groups excluding carboxylic acids is 2. The molecule has 34 heavy (non-hydrogen) atoms. The standard InChI is InChI=1S/C23H22F3N3O5/c1-12-2-3-23(10-33-11-34-23)20-9-28(12)22(32)18-6-19(30)15(8-29(18)20)21(31)27-7-14-16(25)4-13(24)5-17(14)26/h4-6,8,12,20H,2-3,7,9-11H2,1H3,(H,27,31). The number of hydrogen-bond donors (Lipinski definition) is 1. The second-order valence-electron chi connectivity index (χ2n) is 8.91. The number of amides is 2. The molecule has 180 valence electrons. The minimum Gasteiger partial charge on any atom is -0.352 e. The first-order chi connectivity index (χ1) is 16.2. The fraction of sp³-hybridized carbons (Fsp3) is 0.435. The van der Waals surface area contributed by atoms with Crippen molar-refractivity contribution in [2.45, 2.75) is 44.0 Å². The summed E-state index contributed by atoms with van der Waals surface area (Å²) >= 11 is 0. The van der Waals surface area contributed by atoms with Crippen LogP contribution in [0.15, 0.2) is 29.2 Å². The minimum absolute atomic E-state index is 0.0640. The number of nitrogens with one attached hydrogen (secondary N) is 1. The van der Waals surface area contributed by atoms with Crippen molar-refractivity contribution in [1.29, 1.82) is 0 Å². The normalized spacial score (nSPS) is 25.9. The lowest BCUT2D eigenvalue weighted by Crippen LogP contribution is -2.53. The number of hydrogen-bond acceptors (Lipinski definition) is 5. The molecule has 8 nitrogen and oxygen atoms in total. The van der Waals surface area contributed by atoms with E-state index in [0.717, 1.165) is 6.07 Å². The van der Waals surface area contributed by atoms with E-state index in [1.54, 1.807) is 9.47 Å². The third-order valence-electron chi connectivity index (χ3n) is 6.94. The SMILES string of the molecule is CC1CCC2(COCO2)C2CN1C(=O)c1cc(=O)c(C(=O)NCc3c(F)cc(F)cc3F)cn12. The van der Waals surface area contributed by atoms with Gasteiger partial charge >= 0.3 is 0 Å². The zero-order chi connectivity index (χ0) is 24.2. The van der Waals surface area contributed by atoms with E-state index in [4.69, 9.17) is 9.47 Å². The predicted molar refractivity (Wildman–Crippen MR) is 112 cm³/mol. The van der Waals surface area contributed by atoms with Gasteiger partial charge in [0.25, 0.3) is 11.8 Å². The number of fused-ring (bicyclic) bond motifs is 5. The van der Waals surface area contributed by atoms with Crippen LogP contribution in [0.5, 0.6) is 0 Å². The molecule has 4 heterocycles. The van der Waals surface area contributed by atoms with Gasteiger partial charge in [-0.2, -0.15) is 0 Å². The van der Waals surface area contributed by atoms with Gasteiger partial charge in [-0.15, -0.1) is 0 Å². The van der Waals surface area contributed by atoms with Crippen LogP contribution < -0.4 is 10.7 Å². The Labute approximate surface area is 192 Å². The van der Waals surface area contributed by atoms with Crippen LogP contribution in [0.1, 0.15) is 52.2 Å². The molecule has 3 unspecified atom stereocenters. The van der Waals surface area contributed by atoms with Crippen LogP contribution in [-0.4, -0.2) is 52.9 Å². The zero-order valence-corrected chi connectivity index (χ0v) is 18.3. The maximum absolute atomic E-state index is 13.9. The Balaban J connectivity index is 1.50. The predicted octanol–water partition coefficient (Wildman–Crippen LogP) is 2.12. The van der Waals surface area contributed by atoms with Crippen molar-refractivity contribution in [3.8, 4) is 0 Å². The Bertz CT molecular complexity index is 1220. The number of ether oxygens (including phenoxy) is 2. The lowest BCUT2D eigenvalue weighted by molar-refractivity contribution is -0.0475. The highest BCUT2D eigenvalue weighted by molar-refractivity contribution is 5.97. The molecule has 2 saturated heterocycles. The summed E-state index contributed by atoms with van der Waals surface area (Å²) in [7, 11) is 0. The van der Waals surface area contributed by atoms with E-state index in [-0.39, 0.29) is 30.0 Å². The van der Waals surface area contributed by atoms with Crippen molar-refractivity contribution >= 4 is 11.8 Å². The Morgan fingerprint density at radius 1 is 1.21 bits per heavy atom. The average molecular weight is 477 g/mol. The molecular weight excluding hydrogens is 455 g/mol. The van der Waals surface area contributed by atoms with Crippen LogP contribution in [0, 0.1) is 17.5 Å². The molecule has 0 saturated carbocycles. The molecule has 3 aliphatic rings. The van der Waals surface area contributed by atoms with Crippen molar-refractivity contribution in [3.63, 3.8) is 0 Å². The van der Waals surface area contributed by atoms with Crippen molar-refractivity contribution in [3.05, 3.63) is 68.9 Å². The van der Waals surface area contributed by atoms with E-state index in [0.29, 0.717) is 38.1 Å². The first kappa shape index (κ1) is 22.6. The molecule has 1 spiro atoms. The molecule has 5 rings (SSSR count). The van der Waals surface area contributed by atoms with E-state index in [1.165, 1.54) is 6.20 Å². The summed E-state index contributed by atoms with van der Waals surface area (Å²) < 4.78 is 54.1. The van der Waals surface area contributed by atoms with Crippen molar-refractivity contribution in [2.24, 2.45) is 0 Å². The molecule has 3 aliphatic heterocycles. The van der Waals surface area contributed by atoms with Crippen molar-refractivity contribution in [1.82, 2.24) is 14.8 Å². The smallest absolute Gasteiger partial charge is 0.270 e. The summed E-state index contributed by atoms with van der Waals surface area (Å²) in [5, 5.41) is 2.31. The van der Waals surface area contributed by atoms with E-state index >= 15 is 0 Å². The maximum atomic E-state index is 13.9. The topological polar surface area (TPSA) is 89.9 Å². The van der Waals surface area contributed by atoms with E-state index in [2.05, 4.69) is 5.32 Å². The Morgan fingerprint density at radius 3 is 2.62 bits per heavy atom. The second kappa shape index (κ2) is 8.24. The van der Waals surface area contributed by atoms with Crippen LogP contribution in [-0.2, 0) is 16.0 Å². The van der Waals surface area contributed by atoms with Gasteiger partial charge in [0.05, 0.1) is 12.6 Å². The quantitative estimate of drug-likeness (QED) is 0.732. The first-order valence-electron chi connectivity index (χ1n) is 10.9. The van der Waals surface area contributed by atoms with Gasteiger partial charge < -0.3 is 24.3 Å². The van der Waals surface area contributed by atoms with Gasteiger partial charge in [0.2, 0.25) is 0 Å². The molecule has 2 bridgehead atoms. The Kier molecular flexibility index (Phi) is 5.48. The first-order valence-corrected chi connectivity index (χ1v) is 10.9. The van der Waals surface area contributed by atoms with Gasteiger partial charge in [0, 0.05) is 49.1 Å². The number of aromatic nitrogens is 1. The molecule has 1 aromatic carbocycles. The van der Waals surface area contributed by atoms with Gasteiger partial charge in [-0.3, -0.25) is 14.4 Å². The summed E-state index contributed by atoms with van der Waals surface area (Å²) in [4.78, 5) is 40.4. The van der Waals surface area contributed by atoms with E-state index in [1.807, 2.05) is 6.92 Å². The van der Waals surface area contributed by atoms with Crippen LogP contribution in [0.4, 0.5) is 13.2 Å². The number of rotatable bonds is 3. The van der Waals surface area contributed by atoms with Gasteiger partial charge in [0.15, 0.2) is 5.43 Å². The summed E-state index contributed by atoms with van der Waals surface area (Å²) in [5.74, 6) is -4.59. The number of benzene rings is 1. The molecular formula is C23H22F3N3O5. The summed E-state index contributed by atoms with van der Waals surface area (Å²) in [6.45, 7) is 2.09. The fourth-order valence-corrected chi connectivity index (χ4v) is 4.99. The monoisotopic (exact) mass is 477 g/mol. The highest BCUT2D eigenvalue weighted by atomic mass is 19.1. The van der Waals surface area contributed by atoms with E-state index in [9.17, 15) is 27.6 Å². The lowest BCUT2D eigenvalue weighted by atomic mass is 9.89. The van der Waals surface area contributed by atoms with Gasteiger partial charge in [-0.1, -0.05) is 0 Å². The maximum Gasteiger partial charge on any atom is 0.270 e. The van der Waals surface area contributed by atoms with Crippen LogP contribution >= 0.6 is 0 Å². The molecule has 2 fully saturated rings. The van der Waals surface area contributed by atoms with Gasteiger partial charge in [-0.05, 0) is 19.8 Å². The summed E-state index contributed by atoms with van der Waals surface area (Å²) in [6.07, 6.45) is 2.61.